The minimum Gasteiger partial charge on any atom is -0.429 e. The number of hydrogen-bond acceptors (Lipinski definition) is 1. The third-order valence-corrected chi connectivity index (χ3v) is 6.23. The van der Waals surface area contributed by atoms with E-state index in [4.69, 9.17) is 0 Å². The molecule has 1 nitrogen and oxygen atoms in total. The molecule has 4 rings (SSSR count). The predicted octanol–water partition coefficient (Wildman–Crippen LogP) is 8.90. The van der Waals surface area contributed by atoms with Crippen molar-refractivity contribution in [1.82, 2.24) is 0 Å². The van der Waals surface area contributed by atoms with Gasteiger partial charge in [-0.15, -0.1) is 0 Å². The van der Waals surface area contributed by atoms with Crippen LogP contribution in [0.1, 0.15) is 43.2 Å². The lowest BCUT2D eigenvalue weighted by Crippen LogP contribution is -2.06. The third kappa shape index (κ3) is 5.58. The summed E-state index contributed by atoms with van der Waals surface area (Å²) in [5.74, 6) is -3.03. The van der Waals surface area contributed by atoms with Crippen molar-refractivity contribution in [3.8, 4) is 16.9 Å². The smallest absolute Gasteiger partial charge is 0.387 e. The highest BCUT2D eigenvalue weighted by atomic mass is 19.3. The Balaban J connectivity index is 1.35. The van der Waals surface area contributed by atoms with E-state index in [2.05, 4.69) is 54.1 Å². The second-order valence-corrected chi connectivity index (χ2v) is 8.55. The van der Waals surface area contributed by atoms with Gasteiger partial charge in [0.2, 0.25) is 0 Å². The van der Waals surface area contributed by atoms with E-state index >= 15 is 0 Å². The van der Waals surface area contributed by atoms with Crippen LogP contribution in [0.25, 0.3) is 21.9 Å². The Morgan fingerprint density at radius 2 is 1.44 bits per heavy atom. The minimum absolute atomic E-state index is 0.269. The zero-order chi connectivity index (χ0) is 24.1. The lowest BCUT2D eigenvalue weighted by atomic mass is 9.92. The number of hydrogen-bond donors (Lipinski definition) is 0. The molecule has 0 spiro atoms. The van der Waals surface area contributed by atoms with Gasteiger partial charge in [-0.25, -0.2) is 8.78 Å². The van der Waals surface area contributed by atoms with Gasteiger partial charge < -0.3 is 4.74 Å². The fourth-order valence-electron chi connectivity index (χ4n) is 4.38. The second kappa shape index (κ2) is 10.7. The van der Waals surface area contributed by atoms with Crippen molar-refractivity contribution in [2.75, 3.05) is 0 Å². The molecule has 34 heavy (non-hydrogen) atoms. The van der Waals surface area contributed by atoms with Crippen LogP contribution in [0.3, 0.4) is 0 Å². The van der Waals surface area contributed by atoms with Gasteiger partial charge in [0.25, 0.3) is 0 Å². The molecule has 0 fully saturated rings. The molecule has 4 aromatic rings. The van der Waals surface area contributed by atoms with Crippen LogP contribution in [-0.4, -0.2) is 6.61 Å². The number of halogens is 4. The van der Waals surface area contributed by atoms with Gasteiger partial charge in [-0.3, -0.25) is 0 Å². The van der Waals surface area contributed by atoms with Crippen LogP contribution < -0.4 is 4.74 Å². The molecule has 0 aliphatic heterocycles. The molecule has 0 heterocycles. The van der Waals surface area contributed by atoms with Gasteiger partial charge in [-0.1, -0.05) is 80.1 Å². The summed E-state index contributed by atoms with van der Waals surface area (Å²) in [6.45, 7) is -1.12. The van der Waals surface area contributed by atoms with Crippen LogP contribution in [0, 0.1) is 11.6 Å². The zero-order valence-electron chi connectivity index (χ0n) is 18.9. The highest BCUT2D eigenvalue weighted by Gasteiger charge is 2.17. The summed E-state index contributed by atoms with van der Waals surface area (Å²) in [6.07, 6.45) is 4.26. The van der Waals surface area contributed by atoms with Crippen molar-refractivity contribution in [1.29, 1.82) is 0 Å². The van der Waals surface area contributed by atoms with Crippen molar-refractivity contribution in [3.05, 3.63) is 102 Å². The quantitative estimate of drug-likeness (QED) is 0.177. The Hall–Kier alpha value is -3.34. The Morgan fingerprint density at radius 3 is 2.15 bits per heavy atom. The van der Waals surface area contributed by atoms with Crippen molar-refractivity contribution >= 4 is 10.8 Å². The standard InChI is InChI=1S/C29H26F4O/c1-19(7-2-3-8-22-10-6-11-23-9-4-5-12-25(22)23)20-13-15-21(16-14-20)24-17-26(30)28(27(31)18-24)34-29(32)33/h4-6,9-19,29H,2-3,7-8H2,1H3. The number of benzene rings is 4. The largest absolute Gasteiger partial charge is 0.429 e. The summed E-state index contributed by atoms with van der Waals surface area (Å²) in [5.41, 5.74) is 3.39. The maximum absolute atomic E-state index is 14.0. The first-order valence-electron chi connectivity index (χ1n) is 11.4. The summed E-state index contributed by atoms with van der Waals surface area (Å²) < 4.78 is 56.7. The Morgan fingerprint density at radius 1 is 0.765 bits per heavy atom. The van der Waals surface area contributed by atoms with E-state index in [0.717, 1.165) is 43.4 Å². The number of unbranched alkanes of at least 4 members (excludes halogenated alkanes) is 1. The van der Waals surface area contributed by atoms with Crippen molar-refractivity contribution in [2.45, 2.75) is 45.1 Å². The molecule has 0 amide bonds. The molecule has 1 atom stereocenters. The maximum Gasteiger partial charge on any atom is 0.387 e. The molecular weight excluding hydrogens is 440 g/mol. The molecule has 0 aliphatic rings. The molecule has 1 unspecified atom stereocenters. The third-order valence-electron chi connectivity index (χ3n) is 6.23. The second-order valence-electron chi connectivity index (χ2n) is 8.55. The zero-order valence-corrected chi connectivity index (χ0v) is 18.9. The van der Waals surface area contributed by atoms with Crippen LogP contribution in [0.5, 0.6) is 5.75 Å². The Bertz CT molecular complexity index is 1220. The number of ether oxygens (including phenoxy) is 1. The van der Waals surface area contributed by atoms with E-state index in [0.29, 0.717) is 11.5 Å². The number of aryl methyl sites for hydroxylation is 1. The number of alkyl halides is 2. The predicted molar refractivity (Wildman–Crippen MR) is 128 cm³/mol. The van der Waals surface area contributed by atoms with Gasteiger partial charge in [0.1, 0.15) is 0 Å². The molecule has 0 radical (unpaired) electrons. The summed E-state index contributed by atoms with van der Waals surface area (Å²) in [5, 5.41) is 2.58. The van der Waals surface area contributed by atoms with Gasteiger partial charge >= 0.3 is 6.61 Å². The van der Waals surface area contributed by atoms with Crippen molar-refractivity contribution in [3.63, 3.8) is 0 Å². The van der Waals surface area contributed by atoms with Gasteiger partial charge in [-0.2, -0.15) is 8.78 Å². The SMILES string of the molecule is CC(CCCCc1cccc2ccccc12)c1ccc(-c2cc(F)c(OC(F)F)c(F)c2)cc1. The Kier molecular flexibility index (Phi) is 7.51. The highest BCUT2D eigenvalue weighted by Crippen LogP contribution is 2.31. The molecule has 0 bridgehead atoms. The van der Waals surface area contributed by atoms with Crippen LogP contribution in [0.4, 0.5) is 17.6 Å². The fraction of sp³-hybridized carbons (Fsp3) is 0.241. The molecule has 176 valence electrons. The van der Waals surface area contributed by atoms with Crippen LogP contribution in [0.15, 0.2) is 78.9 Å². The topological polar surface area (TPSA) is 9.23 Å². The van der Waals surface area contributed by atoms with E-state index in [1.165, 1.54) is 16.3 Å². The van der Waals surface area contributed by atoms with Crippen molar-refractivity contribution < 1.29 is 22.3 Å². The highest BCUT2D eigenvalue weighted by molar-refractivity contribution is 5.85. The van der Waals surface area contributed by atoms with Gasteiger partial charge in [-0.05, 0) is 70.3 Å². The number of fused-ring (bicyclic) bond motifs is 1. The normalized spacial score (nSPS) is 12.3. The molecule has 0 aromatic heterocycles. The first kappa shape index (κ1) is 23.8. The van der Waals surface area contributed by atoms with Crippen molar-refractivity contribution in [2.24, 2.45) is 0 Å². The maximum atomic E-state index is 14.0. The van der Waals surface area contributed by atoms with Crippen LogP contribution in [-0.2, 0) is 6.42 Å². The van der Waals surface area contributed by atoms with E-state index in [9.17, 15) is 17.6 Å². The summed E-state index contributed by atoms with van der Waals surface area (Å²) >= 11 is 0. The molecule has 0 saturated heterocycles. The first-order valence-corrected chi connectivity index (χ1v) is 11.4. The molecule has 5 heteroatoms. The van der Waals surface area contributed by atoms with Gasteiger partial charge in [0, 0.05) is 0 Å². The van der Waals surface area contributed by atoms with Gasteiger partial charge in [0.15, 0.2) is 17.4 Å². The molecule has 0 aliphatic carbocycles. The number of rotatable bonds is 9. The summed E-state index contributed by atoms with van der Waals surface area (Å²) in [4.78, 5) is 0. The van der Waals surface area contributed by atoms with Crippen LogP contribution >= 0.6 is 0 Å². The minimum atomic E-state index is -3.29. The van der Waals surface area contributed by atoms with E-state index in [-0.39, 0.29) is 5.56 Å². The summed E-state index contributed by atoms with van der Waals surface area (Å²) in [7, 11) is 0. The van der Waals surface area contributed by atoms with Crippen LogP contribution in [0.2, 0.25) is 0 Å². The lowest BCUT2D eigenvalue weighted by Gasteiger charge is -2.14. The average molecular weight is 467 g/mol. The first-order chi connectivity index (χ1) is 16.4. The summed E-state index contributed by atoms with van der Waals surface area (Å²) in [6, 6.07) is 24.4. The monoisotopic (exact) mass is 466 g/mol. The van der Waals surface area contributed by atoms with Gasteiger partial charge in [0.05, 0.1) is 0 Å². The molecule has 0 N–H and O–H groups in total. The molecule has 0 saturated carbocycles. The Labute approximate surface area is 197 Å². The van der Waals surface area contributed by atoms with E-state index < -0.39 is 24.0 Å². The molecule has 4 aromatic carbocycles. The lowest BCUT2D eigenvalue weighted by molar-refractivity contribution is -0.0546. The molecular formula is C29H26F4O. The average Bonchev–Trinajstić information content (AvgIpc) is 2.84. The van der Waals surface area contributed by atoms with E-state index in [1.807, 2.05) is 12.1 Å². The fourth-order valence-corrected chi connectivity index (χ4v) is 4.38. The van der Waals surface area contributed by atoms with E-state index in [1.54, 1.807) is 12.1 Å².